The summed E-state index contributed by atoms with van der Waals surface area (Å²) in [4.78, 5) is 45.1. The number of carbonyl (C=O) groups is 4. The smallest absolute Gasteiger partial charge is 0.416 e. The summed E-state index contributed by atoms with van der Waals surface area (Å²) in [7, 11) is 4.79. The van der Waals surface area contributed by atoms with Crippen LogP contribution < -0.4 is 30.7 Å². The molecule has 20 atom stereocenters. The Bertz CT molecular complexity index is 4010. The van der Waals surface area contributed by atoms with Crippen LogP contribution in [0, 0.1) is 47.3 Å². The van der Waals surface area contributed by atoms with Crippen molar-refractivity contribution in [1.82, 2.24) is 21.3 Å². The second kappa shape index (κ2) is 59.1. The number of hydrogen-bond acceptors (Lipinski definition) is 18. The van der Waals surface area contributed by atoms with Crippen molar-refractivity contribution in [3.05, 3.63) is 228 Å². The lowest BCUT2D eigenvalue weighted by Gasteiger charge is -2.19. The molecular weight excluding hydrogens is 1760 g/mol. The standard InChI is InChI=1S/C25H34F3NO5.2C25H34F3NO4.C24H32F3NO5/c1-2-29-24(33)11-6-4-3-5-10-20-21(23(32)15-22(20)31)13-12-18(30)16-34-19-9-7-8-17(14-19)25(26,27)28;2*1-29-24(33)10-5-3-2-4-9-20-21(23(32)16-22(20)31)14-13-19(30)12-11-17-7-6-8-18(15-17)25(26,27)28;1-28-23(32)10-5-3-2-4-9-19-20(22(31)14-21(19)30)12-11-17(29)15-33-18-8-6-7-16(13-18)24(25,26)27/h3,5,7-9,12-14,18,20-23,30-32H,2,4,6,10-11,15-16H2,1H3,(H,29,33);2*2,4,6-8,13-15,19-23,30-32H,3,5,9-12,16H2,1H3,(H,29,33);2,4,6-8,11-13,17,19-22,29-31H,3,5,9-10,14-15H2,1H3,(H,28,32)/b5-3+,13-12+;2*4-2+,14-13+;4-2+,12-11+/t18-,20-,21-,22+,23-;2*19-,20+,21+,22-,23+;17-,19-,20-,21+,22-/m1001/s1. The molecule has 4 aliphatic carbocycles. The minimum Gasteiger partial charge on any atom is -0.491 e. The molecule has 4 aliphatic rings. The first-order chi connectivity index (χ1) is 62.9. The molecule has 0 heterocycles. The number of nitrogens with one attached hydrogen (secondary N) is 4. The number of benzene rings is 4. The molecule has 133 heavy (non-hydrogen) atoms. The van der Waals surface area contributed by atoms with E-state index in [1.54, 1.807) is 69.7 Å². The number of aliphatic hydroxyl groups is 12. The summed E-state index contributed by atoms with van der Waals surface area (Å²) >= 11 is 0. The summed E-state index contributed by atoms with van der Waals surface area (Å²) in [6.45, 7) is 1.97. The maximum Gasteiger partial charge on any atom is 0.416 e. The van der Waals surface area contributed by atoms with E-state index in [1.807, 2.05) is 55.5 Å². The molecule has 4 aromatic carbocycles. The molecule has 0 aromatic heterocycles. The number of carbonyl (C=O) groups excluding carboxylic acids is 4. The van der Waals surface area contributed by atoms with Gasteiger partial charge in [0.2, 0.25) is 23.6 Å². The fourth-order valence-electron chi connectivity index (χ4n) is 16.1. The van der Waals surface area contributed by atoms with E-state index >= 15 is 0 Å². The number of amides is 4. The highest BCUT2D eigenvalue weighted by molar-refractivity contribution is 5.76. The van der Waals surface area contributed by atoms with Crippen molar-refractivity contribution in [2.45, 2.75) is 259 Å². The average Bonchev–Trinajstić information content (AvgIpc) is 1.67. The van der Waals surface area contributed by atoms with Crippen LogP contribution in [0.5, 0.6) is 11.5 Å². The van der Waals surface area contributed by atoms with Gasteiger partial charge in [-0.25, -0.2) is 0 Å². The van der Waals surface area contributed by atoms with Gasteiger partial charge in [-0.15, -0.1) is 0 Å². The summed E-state index contributed by atoms with van der Waals surface area (Å²) < 4.78 is 164. The Kier molecular flexibility index (Phi) is 50.8. The van der Waals surface area contributed by atoms with Crippen molar-refractivity contribution in [3.63, 3.8) is 0 Å². The first-order valence-corrected chi connectivity index (χ1v) is 45.3. The van der Waals surface area contributed by atoms with E-state index < -0.39 is 120 Å². The number of unbranched alkanes of at least 4 members (excludes halogenated alkanes) is 4. The number of halogens is 12. The van der Waals surface area contributed by atoms with E-state index in [2.05, 4.69) is 21.3 Å². The molecule has 0 spiro atoms. The predicted octanol–water partition coefficient (Wildman–Crippen LogP) is 14.4. The minimum atomic E-state index is -4.48. The number of allylic oxidation sites excluding steroid dienone is 8. The zero-order valence-corrected chi connectivity index (χ0v) is 75.5. The normalized spacial score (nSPS) is 24.4. The summed E-state index contributed by atoms with van der Waals surface area (Å²) in [5, 5.41) is 134. The van der Waals surface area contributed by atoms with Crippen LogP contribution in [-0.2, 0) is 56.7 Å². The Morgan fingerprint density at radius 3 is 0.880 bits per heavy atom. The minimum absolute atomic E-state index is 0.00504. The van der Waals surface area contributed by atoms with Gasteiger partial charge >= 0.3 is 24.7 Å². The second-order valence-corrected chi connectivity index (χ2v) is 33.8. The molecule has 34 heteroatoms. The number of ether oxygens (including phenoxy) is 2. The van der Waals surface area contributed by atoms with Crippen LogP contribution in [0.4, 0.5) is 52.7 Å². The number of aryl methyl sites for hydroxylation is 2. The molecular formula is C99H134F12N4O18. The summed E-state index contributed by atoms with van der Waals surface area (Å²) in [5.41, 5.74) is -2.10. The maximum atomic E-state index is 12.8. The zero-order valence-electron chi connectivity index (χ0n) is 75.5. The molecule has 0 unspecified atom stereocenters. The van der Waals surface area contributed by atoms with E-state index in [9.17, 15) is 133 Å². The third-order valence-electron chi connectivity index (χ3n) is 23.6. The molecule has 8 rings (SSSR count). The monoisotopic (exact) mass is 1890 g/mol. The number of aliphatic hydroxyl groups excluding tert-OH is 12. The van der Waals surface area contributed by atoms with E-state index in [0.29, 0.717) is 75.5 Å². The van der Waals surface area contributed by atoms with Gasteiger partial charge in [-0.05, 0) is 193 Å². The SMILES string of the molecule is CCNC(=O)CCC/C=C/C[C@@H]1[C@@H](/C=C/[C@@H](O)COc2cccc(C(F)(F)F)c2)[C@H](O)C[C@@H]1O.CNC(=O)CCC/C=C/C[C@@H]1[C@@H](/C=C/[C@@H](O)CCc2cccc(C(F)(F)F)c2)[C@H](O)C[C@@H]1O.CNC(=O)CCC/C=C/C[C@@H]1[C@@H](/C=C/[C@@H](O)CCc2cccc(C(F)(F)F)c2)[C@H](O)C[C@@H]1O.CNC(=O)CCC/C=C/C[C@@H]1[C@@H](/C=C/[C@@H](O)COc2cccc(C(F)(F)F)c2)[C@H](O)C[C@@H]1O. The molecule has 4 amide bonds. The van der Waals surface area contributed by atoms with Crippen LogP contribution in [0.15, 0.2) is 194 Å². The highest BCUT2D eigenvalue weighted by Gasteiger charge is 2.44. The second-order valence-electron chi connectivity index (χ2n) is 33.8. The maximum absolute atomic E-state index is 12.8. The van der Waals surface area contributed by atoms with Crippen molar-refractivity contribution >= 4 is 23.6 Å². The molecule has 0 radical (unpaired) electrons. The van der Waals surface area contributed by atoms with Crippen LogP contribution in [0.2, 0.25) is 0 Å². The third-order valence-corrected chi connectivity index (χ3v) is 23.6. The van der Waals surface area contributed by atoms with Gasteiger partial charge in [-0.3, -0.25) is 19.2 Å². The Balaban J connectivity index is 0.000000314. The lowest BCUT2D eigenvalue weighted by atomic mass is 9.89. The molecule has 0 aliphatic heterocycles. The lowest BCUT2D eigenvalue weighted by Crippen LogP contribution is -2.22. The third kappa shape index (κ3) is 43.2. The van der Waals surface area contributed by atoms with Gasteiger partial charge in [0.15, 0.2) is 0 Å². The van der Waals surface area contributed by atoms with Gasteiger partial charge in [0.1, 0.15) is 36.9 Å². The Labute approximate surface area is 770 Å². The predicted molar refractivity (Wildman–Crippen MR) is 480 cm³/mol. The molecule has 742 valence electrons. The van der Waals surface area contributed by atoms with Gasteiger partial charge in [0, 0.05) is 103 Å². The molecule has 4 saturated carbocycles. The van der Waals surface area contributed by atoms with Crippen LogP contribution in [0.1, 0.15) is 182 Å². The molecule has 4 aromatic rings. The Morgan fingerprint density at radius 2 is 0.617 bits per heavy atom. The van der Waals surface area contributed by atoms with Gasteiger partial charge in [-0.2, -0.15) is 52.7 Å². The Hall–Kier alpha value is -9.04. The van der Waals surface area contributed by atoms with Crippen LogP contribution in [-0.4, -0.2) is 199 Å². The van der Waals surface area contributed by atoms with Crippen molar-refractivity contribution in [2.24, 2.45) is 47.3 Å². The topological polar surface area (TPSA) is 378 Å². The molecule has 4 fully saturated rings. The van der Waals surface area contributed by atoms with Gasteiger partial charge in [0.25, 0.3) is 0 Å². The summed E-state index contributed by atoms with van der Waals surface area (Å²) in [6.07, 6.45) is 12.7. The summed E-state index contributed by atoms with van der Waals surface area (Å²) in [5.74, 6) is -2.26. The number of rotatable bonds is 45. The average molecular weight is 1900 g/mol. The molecule has 22 nitrogen and oxygen atoms in total. The van der Waals surface area contributed by atoms with Crippen LogP contribution >= 0.6 is 0 Å². The first kappa shape index (κ1) is 114. The van der Waals surface area contributed by atoms with E-state index in [1.165, 1.54) is 48.6 Å². The number of hydrogen-bond donors (Lipinski definition) is 16. The van der Waals surface area contributed by atoms with Crippen molar-refractivity contribution < 1.29 is 143 Å². The fourth-order valence-corrected chi connectivity index (χ4v) is 16.1. The van der Waals surface area contributed by atoms with Crippen molar-refractivity contribution in [1.29, 1.82) is 0 Å². The van der Waals surface area contributed by atoms with Gasteiger partial charge in [0.05, 0.1) is 83.3 Å². The Morgan fingerprint density at radius 1 is 0.361 bits per heavy atom. The highest BCUT2D eigenvalue weighted by Crippen LogP contribution is 2.42. The lowest BCUT2D eigenvalue weighted by molar-refractivity contribution is -0.138. The molecule has 16 N–H and O–H groups in total. The van der Waals surface area contributed by atoms with Crippen molar-refractivity contribution in [2.75, 3.05) is 40.9 Å². The fraction of sp³-hybridized carbons (Fsp3) is 0.556. The van der Waals surface area contributed by atoms with E-state index in [-0.39, 0.29) is 147 Å². The molecule has 0 saturated heterocycles. The largest absolute Gasteiger partial charge is 0.491 e. The van der Waals surface area contributed by atoms with Crippen molar-refractivity contribution in [3.8, 4) is 11.5 Å². The number of alkyl halides is 12. The van der Waals surface area contributed by atoms with Crippen LogP contribution in [0.3, 0.4) is 0 Å². The first-order valence-electron chi connectivity index (χ1n) is 45.3. The van der Waals surface area contributed by atoms with E-state index in [4.69, 9.17) is 9.47 Å². The zero-order chi connectivity index (χ0) is 98.4. The van der Waals surface area contributed by atoms with Gasteiger partial charge < -0.3 is 92.0 Å². The highest BCUT2D eigenvalue weighted by atomic mass is 19.4. The quantitative estimate of drug-likeness (QED) is 0.0111. The summed E-state index contributed by atoms with van der Waals surface area (Å²) in [6, 6.07) is 18.9. The van der Waals surface area contributed by atoms with E-state index in [0.717, 1.165) is 93.5 Å². The van der Waals surface area contributed by atoms with Crippen LogP contribution in [0.25, 0.3) is 0 Å². The molecule has 0 bridgehead atoms. The van der Waals surface area contributed by atoms with Gasteiger partial charge in [-0.1, -0.05) is 146 Å².